The lowest BCUT2D eigenvalue weighted by Crippen LogP contribution is -2.49. The first-order chi connectivity index (χ1) is 10.5. The van der Waals surface area contributed by atoms with E-state index in [-0.39, 0.29) is 36.8 Å². The van der Waals surface area contributed by atoms with Crippen LogP contribution in [0.5, 0.6) is 0 Å². The van der Waals surface area contributed by atoms with Gasteiger partial charge in [0.1, 0.15) is 5.76 Å². The fourth-order valence-electron chi connectivity index (χ4n) is 2.54. The zero-order valence-electron chi connectivity index (χ0n) is 14.5. The van der Waals surface area contributed by atoms with Crippen LogP contribution in [-0.2, 0) is 16.1 Å². The number of amides is 1. The van der Waals surface area contributed by atoms with Crippen molar-refractivity contribution >= 4 is 30.7 Å². The summed E-state index contributed by atoms with van der Waals surface area (Å²) in [5.41, 5.74) is 6.50. The number of halogens is 2. The molecule has 1 fully saturated rings. The number of ether oxygens (including phenoxy) is 1. The average molecular weight is 383 g/mol. The second-order valence-corrected chi connectivity index (χ2v) is 5.70. The Hall–Kier alpha value is -0.860. The number of rotatable bonds is 6. The monoisotopic (exact) mass is 382 g/mol. The summed E-state index contributed by atoms with van der Waals surface area (Å²) < 4.78 is 10.8. The highest BCUT2D eigenvalue weighted by Crippen LogP contribution is 2.13. The van der Waals surface area contributed by atoms with E-state index in [1.54, 1.807) is 7.11 Å². The molecule has 0 spiro atoms. The van der Waals surface area contributed by atoms with E-state index in [0.717, 1.165) is 43.5 Å². The minimum atomic E-state index is -0.191. The zero-order chi connectivity index (χ0) is 16.1. The van der Waals surface area contributed by atoms with Crippen molar-refractivity contribution in [3.8, 4) is 0 Å². The van der Waals surface area contributed by atoms with E-state index < -0.39 is 0 Å². The molecule has 1 amide bonds. The number of aromatic nitrogens is 1. The number of nitrogens with two attached hydrogens (primary N) is 1. The van der Waals surface area contributed by atoms with Crippen molar-refractivity contribution in [1.82, 2.24) is 14.8 Å². The maximum Gasteiger partial charge on any atom is 0.225 e. The van der Waals surface area contributed by atoms with Gasteiger partial charge in [-0.2, -0.15) is 0 Å². The highest BCUT2D eigenvalue weighted by molar-refractivity contribution is 5.85. The Morgan fingerprint density at radius 3 is 2.38 bits per heavy atom. The van der Waals surface area contributed by atoms with Gasteiger partial charge in [-0.15, -0.1) is 24.8 Å². The van der Waals surface area contributed by atoms with Gasteiger partial charge in [-0.05, 0) is 13.8 Å². The maximum atomic E-state index is 12.2. The first-order valence-electron chi connectivity index (χ1n) is 7.69. The number of hydrogen-bond donors (Lipinski definition) is 1. The summed E-state index contributed by atoms with van der Waals surface area (Å²) in [6, 6.07) is 0. The van der Waals surface area contributed by atoms with Crippen molar-refractivity contribution in [2.45, 2.75) is 32.9 Å². The summed E-state index contributed by atoms with van der Waals surface area (Å²) in [4.78, 5) is 20.7. The van der Waals surface area contributed by atoms with Gasteiger partial charge in [-0.3, -0.25) is 9.69 Å². The van der Waals surface area contributed by atoms with Gasteiger partial charge in [0.2, 0.25) is 11.8 Å². The van der Waals surface area contributed by atoms with E-state index in [4.69, 9.17) is 14.9 Å². The molecule has 1 aromatic rings. The number of oxazole rings is 1. The normalized spacial score (nSPS) is 16.2. The average Bonchev–Trinajstić information content (AvgIpc) is 2.83. The van der Waals surface area contributed by atoms with Crippen molar-refractivity contribution in [3.05, 3.63) is 17.3 Å². The quantitative estimate of drug-likeness (QED) is 0.793. The van der Waals surface area contributed by atoms with Crippen molar-refractivity contribution in [2.75, 3.05) is 39.8 Å². The standard InChI is InChI=1S/C15H26N4O3.2ClH/c1-11-12(2)22-14(17-11)10-18-4-6-19(7-5-18)15(20)8-13(9-16)21-3;;/h13H,4-10,16H2,1-3H3;2*1H. The van der Waals surface area contributed by atoms with Crippen LogP contribution < -0.4 is 5.73 Å². The molecule has 2 rings (SSSR count). The molecule has 0 aromatic carbocycles. The molecule has 0 aliphatic carbocycles. The lowest BCUT2D eigenvalue weighted by atomic mass is 10.2. The first-order valence-corrected chi connectivity index (χ1v) is 7.69. The highest BCUT2D eigenvalue weighted by atomic mass is 35.5. The Kier molecular flexibility index (Phi) is 10.5. The summed E-state index contributed by atoms with van der Waals surface area (Å²) in [6.07, 6.45) is 0.161. The Labute approximate surface area is 155 Å². The van der Waals surface area contributed by atoms with Gasteiger partial charge in [0.05, 0.1) is 24.8 Å². The van der Waals surface area contributed by atoms with Gasteiger partial charge >= 0.3 is 0 Å². The van der Waals surface area contributed by atoms with Crippen LogP contribution in [0.1, 0.15) is 23.8 Å². The molecule has 0 radical (unpaired) electrons. The maximum absolute atomic E-state index is 12.2. The van der Waals surface area contributed by atoms with E-state index >= 15 is 0 Å². The molecular weight excluding hydrogens is 355 g/mol. The van der Waals surface area contributed by atoms with Crippen LogP contribution in [0, 0.1) is 13.8 Å². The molecule has 1 aliphatic heterocycles. The van der Waals surface area contributed by atoms with Crippen molar-refractivity contribution in [1.29, 1.82) is 0 Å². The van der Waals surface area contributed by atoms with E-state index in [1.165, 1.54) is 0 Å². The topological polar surface area (TPSA) is 84.8 Å². The molecular formula is C15H28Cl2N4O3. The zero-order valence-corrected chi connectivity index (χ0v) is 16.1. The summed E-state index contributed by atoms with van der Waals surface area (Å²) in [7, 11) is 1.59. The molecule has 0 bridgehead atoms. The number of carbonyl (C=O) groups is 1. The van der Waals surface area contributed by atoms with E-state index in [0.29, 0.717) is 19.5 Å². The van der Waals surface area contributed by atoms with Crippen molar-refractivity contribution in [2.24, 2.45) is 5.73 Å². The van der Waals surface area contributed by atoms with Crippen LogP contribution >= 0.6 is 24.8 Å². The van der Waals surface area contributed by atoms with Crippen LogP contribution in [0.4, 0.5) is 0 Å². The van der Waals surface area contributed by atoms with E-state index in [2.05, 4.69) is 9.88 Å². The summed E-state index contributed by atoms with van der Waals surface area (Å²) in [5.74, 6) is 1.73. The molecule has 1 aliphatic rings. The number of piperazine rings is 1. The number of methoxy groups -OCH3 is 1. The molecule has 24 heavy (non-hydrogen) atoms. The largest absolute Gasteiger partial charge is 0.444 e. The van der Waals surface area contributed by atoms with Gasteiger partial charge in [-0.1, -0.05) is 0 Å². The van der Waals surface area contributed by atoms with Gasteiger partial charge in [0, 0.05) is 39.8 Å². The summed E-state index contributed by atoms with van der Waals surface area (Å²) in [5, 5.41) is 0. The third kappa shape index (κ3) is 6.22. The second-order valence-electron chi connectivity index (χ2n) is 5.70. The van der Waals surface area contributed by atoms with Gasteiger partial charge in [0.25, 0.3) is 0 Å². The molecule has 1 saturated heterocycles. The minimum Gasteiger partial charge on any atom is -0.444 e. The van der Waals surface area contributed by atoms with Crippen LogP contribution in [0.25, 0.3) is 0 Å². The number of hydrogen-bond acceptors (Lipinski definition) is 6. The third-order valence-electron chi connectivity index (χ3n) is 4.16. The molecule has 2 heterocycles. The van der Waals surface area contributed by atoms with E-state index in [9.17, 15) is 4.79 Å². The Morgan fingerprint density at radius 2 is 1.92 bits per heavy atom. The molecule has 7 nitrogen and oxygen atoms in total. The summed E-state index contributed by atoms with van der Waals surface area (Å²) >= 11 is 0. The predicted octanol–water partition coefficient (Wildman–Crippen LogP) is 1.14. The highest BCUT2D eigenvalue weighted by Gasteiger charge is 2.24. The molecule has 9 heteroatoms. The van der Waals surface area contributed by atoms with Gasteiger partial charge in [0.15, 0.2) is 0 Å². The molecule has 140 valence electrons. The number of aryl methyl sites for hydroxylation is 2. The van der Waals surface area contributed by atoms with Crippen LogP contribution in [0.2, 0.25) is 0 Å². The van der Waals surface area contributed by atoms with Crippen molar-refractivity contribution in [3.63, 3.8) is 0 Å². The van der Waals surface area contributed by atoms with Gasteiger partial charge < -0.3 is 19.8 Å². The van der Waals surface area contributed by atoms with Crippen LogP contribution in [0.3, 0.4) is 0 Å². The number of carbonyl (C=O) groups excluding carboxylic acids is 1. The molecule has 1 atom stereocenters. The lowest BCUT2D eigenvalue weighted by Gasteiger charge is -2.34. The third-order valence-corrected chi connectivity index (χ3v) is 4.16. The first kappa shape index (κ1) is 23.1. The predicted molar refractivity (Wildman–Crippen MR) is 96.8 cm³/mol. The Bertz CT molecular complexity index is 481. The molecule has 0 saturated carbocycles. The minimum absolute atomic E-state index is 0. The Balaban J connectivity index is 0.00000264. The van der Waals surface area contributed by atoms with E-state index in [1.807, 2.05) is 18.7 Å². The second kappa shape index (κ2) is 10.9. The fourth-order valence-corrected chi connectivity index (χ4v) is 2.54. The molecule has 1 unspecified atom stereocenters. The Morgan fingerprint density at radius 1 is 1.29 bits per heavy atom. The fraction of sp³-hybridized carbons (Fsp3) is 0.733. The molecule has 2 N–H and O–H groups in total. The van der Waals surface area contributed by atoms with Crippen LogP contribution in [-0.4, -0.2) is 66.6 Å². The summed E-state index contributed by atoms with van der Waals surface area (Å²) in [6.45, 7) is 8.02. The van der Waals surface area contributed by atoms with Crippen molar-refractivity contribution < 1.29 is 13.9 Å². The molecule has 1 aromatic heterocycles. The van der Waals surface area contributed by atoms with Gasteiger partial charge in [-0.25, -0.2) is 4.98 Å². The SMILES string of the molecule is COC(CN)CC(=O)N1CCN(Cc2nc(C)c(C)o2)CC1.Cl.Cl. The lowest BCUT2D eigenvalue weighted by molar-refractivity contribution is -0.135. The smallest absolute Gasteiger partial charge is 0.225 e. The van der Waals surface area contributed by atoms with Crippen LogP contribution in [0.15, 0.2) is 4.42 Å². The number of nitrogens with zero attached hydrogens (tertiary/aromatic N) is 3.